The highest BCUT2D eigenvalue weighted by Gasteiger charge is 2.12. The molecule has 1 aromatic rings. The van der Waals surface area contributed by atoms with Gasteiger partial charge in [-0.05, 0) is 29.4 Å². The van der Waals surface area contributed by atoms with Crippen LogP contribution in [0.1, 0.15) is 26.3 Å². The molecule has 0 radical (unpaired) electrons. The van der Waals surface area contributed by atoms with Crippen molar-refractivity contribution in [2.45, 2.75) is 26.2 Å². The summed E-state index contributed by atoms with van der Waals surface area (Å²) in [5.74, 6) is 0. The van der Waals surface area contributed by atoms with E-state index in [1.807, 2.05) is 24.6 Å². The molecule has 1 N–H and O–H groups in total. The molecule has 90 valence electrons. The fourth-order valence-corrected chi connectivity index (χ4v) is 1.67. The number of aliphatic imine (C=N–C) groups is 1. The second kappa shape index (κ2) is 5.74. The van der Waals surface area contributed by atoms with Crippen molar-refractivity contribution < 1.29 is 0 Å². The molecule has 1 rings (SSSR count). The van der Waals surface area contributed by atoms with Crippen molar-refractivity contribution in [2.75, 3.05) is 6.26 Å². The van der Waals surface area contributed by atoms with Gasteiger partial charge in [0.2, 0.25) is 0 Å². The molecular formula is C13H17N3S. The number of hydrogen-bond acceptors (Lipinski definition) is 3. The summed E-state index contributed by atoms with van der Waals surface area (Å²) in [5, 5.41) is 11.7. The molecule has 0 atom stereocenters. The Bertz CT molecular complexity index is 435. The first-order chi connectivity index (χ1) is 7.97. The van der Waals surface area contributed by atoms with Crippen LogP contribution in [0.2, 0.25) is 0 Å². The number of nitriles is 1. The largest absolute Gasteiger partial charge is 0.271 e. The highest BCUT2D eigenvalue weighted by Crippen LogP contribution is 2.24. The first-order valence-corrected chi connectivity index (χ1v) is 6.58. The van der Waals surface area contributed by atoms with Crippen molar-refractivity contribution in [3.05, 3.63) is 29.8 Å². The Hall–Kier alpha value is -1.47. The van der Waals surface area contributed by atoms with Gasteiger partial charge >= 0.3 is 0 Å². The molecule has 0 spiro atoms. The van der Waals surface area contributed by atoms with Gasteiger partial charge in [0, 0.05) is 0 Å². The highest BCUT2D eigenvalue weighted by molar-refractivity contribution is 8.13. The van der Waals surface area contributed by atoms with Gasteiger partial charge in [0.05, 0.1) is 5.69 Å². The zero-order chi connectivity index (χ0) is 12.9. The summed E-state index contributed by atoms with van der Waals surface area (Å²) < 4.78 is 0. The number of rotatable bonds is 1. The van der Waals surface area contributed by atoms with E-state index in [9.17, 15) is 0 Å². The number of nitrogens with one attached hydrogen (secondary N) is 1. The second-order valence-electron chi connectivity index (χ2n) is 4.65. The molecule has 0 bridgehead atoms. The molecule has 0 aliphatic heterocycles. The first kappa shape index (κ1) is 13.6. The number of nitrogens with zero attached hydrogens (tertiary/aromatic N) is 2. The zero-order valence-corrected chi connectivity index (χ0v) is 11.4. The molecule has 0 fully saturated rings. The maximum atomic E-state index is 8.54. The van der Waals surface area contributed by atoms with Crippen LogP contribution >= 0.6 is 11.8 Å². The summed E-state index contributed by atoms with van der Waals surface area (Å²) in [6, 6.07) is 8.08. The Kier molecular flexibility index (Phi) is 4.59. The highest BCUT2D eigenvalue weighted by atomic mass is 32.2. The van der Waals surface area contributed by atoms with Crippen molar-refractivity contribution in [3.8, 4) is 6.19 Å². The van der Waals surface area contributed by atoms with Crippen molar-refractivity contribution in [2.24, 2.45) is 4.99 Å². The van der Waals surface area contributed by atoms with Crippen molar-refractivity contribution in [1.82, 2.24) is 5.32 Å². The van der Waals surface area contributed by atoms with Gasteiger partial charge < -0.3 is 0 Å². The molecule has 0 aliphatic carbocycles. The van der Waals surface area contributed by atoms with Crippen LogP contribution < -0.4 is 5.32 Å². The second-order valence-corrected chi connectivity index (χ2v) is 5.45. The first-order valence-electron chi connectivity index (χ1n) is 5.35. The third kappa shape index (κ3) is 4.12. The van der Waals surface area contributed by atoms with Gasteiger partial charge in [0.25, 0.3) is 0 Å². The molecule has 3 nitrogen and oxygen atoms in total. The third-order valence-corrected chi connectivity index (χ3v) is 2.90. The van der Waals surface area contributed by atoms with Crippen molar-refractivity contribution in [1.29, 1.82) is 5.26 Å². The molecule has 4 heteroatoms. The molecular weight excluding hydrogens is 230 g/mol. The number of amidine groups is 1. The molecule has 0 heterocycles. The van der Waals surface area contributed by atoms with E-state index in [0.29, 0.717) is 5.17 Å². The van der Waals surface area contributed by atoms with E-state index in [2.05, 4.69) is 43.2 Å². The monoisotopic (exact) mass is 247 g/mol. The van der Waals surface area contributed by atoms with Gasteiger partial charge in [-0.15, -0.1) is 0 Å². The minimum Gasteiger partial charge on any atom is -0.271 e. The van der Waals surface area contributed by atoms with Crippen LogP contribution in [0, 0.1) is 11.5 Å². The minimum atomic E-state index is 0.148. The molecule has 0 saturated heterocycles. The Morgan fingerprint density at radius 3 is 2.29 bits per heavy atom. The Balaban J connectivity index is 2.92. The third-order valence-electron chi connectivity index (χ3n) is 2.32. The molecule has 1 aromatic carbocycles. The fourth-order valence-electron chi connectivity index (χ4n) is 1.33. The summed E-state index contributed by atoms with van der Waals surface area (Å²) in [4.78, 5) is 4.34. The van der Waals surface area contributed by atoms with Crippen LogP contribution in [0.25, 0.3) is 0 Å². The lowest BCUT2D eigenvalue weighted by Crippen LogP contribution is -2.12. The topological polar surface area (TPSA) is 48.2 Å². The van der Waals surface area contributed by atoms with Crippen LogP contribution in [-0.2, 0) is 5.41 Å². The smallest absolute Gasteiger partial charge is 0.183 e. The van der Waals surface area contributed by atoms with Gasteiger partial charge in [-0.2, -0.15) is 5.26 Å². The van der Waals surface area contributed by atoms with Gasteiger partial charge in [0.15, 0.2) is 11.4 Å². The van der Waals surface area contributed by atoms with Crippen LogP contribution in [-0.4, -0.2) is 11.4 Å². The maximum absolute atomic E-state index is 8.54. The van der Waals surface area contributed by atoms with Gasteiger partial charge in [-0.25, -0.2) is 4.99 Å². The molecule has 0 saturated carbocycles. The summed E-state index contributed by atoms with van der Waals surface area (Å²) in [5.41, 5.74) is 2.27. The molecule has 0 amide bonds. The maximum Gasteiger partial charge on any atom is 0.183 e. The number of benzene rings is 1. The standard InChI is InChI=1S/C13H17N3S/c1-13(2,3)10-5-7-11(8-6-10)16-12(17-4)15-9-14/h5-8H,1-4H3,(H,15,16). The van der Waals surface area contributed by atoms with Crippen molar-refractivity contribution >= 4 is 22.6 Å². The Labute approximate surface area is 107 Å². The fraction of sp³-hybridized carbons (Fsp3) is 0.385. The van der Waals surface area contributed by atoms with E-state index < -0.39 is 0 Å². The van der Waals surface area contributed by atoms with E-state index in [-0.39, 0.29) is 5.41 Å². The summed E-state index contributed by atoms with van der Waals surface area (Å²) in [6.07, 6.45) is 3.75. The average molecular weight is 247 g/mol. The molecule has 0 aromatic heterocycles. The predicted octanol–water partition coefficient (Wildman–Crippen LogP) is 3.41. The summed E-state index contributed by atoms with van der Waals surface area (Å²) >= 11 is 1.42. The average Bonchev–Trinajstić information content (AvgIpc) is 2.28. The Morgan fingerprint density at radius 2 is 1.88 bits per heavy atom. The SMILES string of the molecule is CSC(=Nc1ccc(C(C)(C)C)cc1)NC#N. The van der Waals surface area contributed by atoms with Gasteiger partial charge in [-0.3, -0.25) is 5.32 Å². The van der Waals surface area contributed by atoms with Crippen LogP contribution in [0.3, 0.4) is 0 Å². The van der Waals surface area contributed by atoms with Gasteiger partial charge in [-0.1, -0.05) is 44.7 Å². The minimum absolute atomic E-state index is 0.148. The van der Waals surface area contributed by atoms with Crippen LogP contribution in [0.5, 0.6) is 0 Å². The van der Waals surface area contributed by atoms with Crippen LogP contribution in [0.15, 0.2) is 29.3 Å². The van der Waals surface area contributed by atoms with E-state index in [1.165, 1.54) is 17.3 Å². The lowest BCUT2D eigenvalue weighted by molar-refractivity contribution is 0.590. The van der Waals surface area contributed by atoms with Crippen LogP contribution in [0.4, 0.5) is 5.69 Å². The van der Waals surface area contributed by atoms with E-state index in [4.69, 9.17) is 5.26 Å². The molecule has 0 aliphatic rings. The predicted molar refractivity (Wildman–Crippen MR) is 74.5 cm³/mol. The summed E-state index contributed by atoms with van der Waals surface area (Å²) in [7, 11) is 0. The van der Waals surface area contributed by atoms with E-state index >= 15 is 0 Å². The molecule has 0 unspecified atom stereocenters. The normalized spacial score (nSPS) is 12.1. The van der Waals surface area contributed by atoms with E-state index in [0.717, 1.165) is 5.69 Å². The van der Waals surface area contributed by atoms with Gasteiger partial charge in [0.1, 0.15) is 0 Å². The number of hydrogen-bond donors (Lipinski definition) is 1. The molecule has 17 heavy (non-hydrogen) atoms. The summed E-state index contributed by atoms with van der Waals surface area (Å²) in [6.45, 7) is 6.53. The van der Waals surface area contributed by atoms with E-state index in [1.54, 1.807) is 0 Å². The lowest BCUT2D eigenvalue weighted by atomic mass is 9.87. The quantitative estimate of drug-likeness (QED) is 0.358. The Morgan fingerprint density at radius 1 is 1.29 bits per heavy atom. The number of thioether (sulfide) groups is 1. The van der Waals surface area contributed by atoms with Crippen molar-refractivity contribution in [3.63, 3.8) is 0 Å². The zero-order valence-electron chi connectivity index (χ0n) is 10.6. The lowest BCUT2D eigenvalue weighted by Gasteiger charge is -2.18.